The van der Waals surface area contributed by atoms with Crippen molar-refractivity contribution in [3.63, 3.8) is 0 Å². The molecule has 3 rings (SSSR count). The van der Waals surface area contributed by atoms with E-state index in [0.717, 1.165) is 25.9 Å². The molecule has 1 amide bonds. The van der Waals surface area contributed by atoms with Crippen molar-refractivity contribution in [2.24, 2.45) is 5.92 Å². The zero-order valence-corrected chi connectivity index (χ0v) is 10.8. The second-order valence-corrected chi connectivity index (χ2v) is 5.37. The van der Waals surface area contributed by atoms with Crippen molar-refractivity contribution in [3.05, 3.63) is 29.8 Å². The number of piperidine rings is 2. The third kappa shape index (κ3) is 2.41. The normalized spacial score (nSPS) is 26.3. The van der Waals surface area contributed by atoms with E-state index < -0.39 is 0 Å². The predicted molar refractivity (Wildman–Crippen MR) is 72.6 cm³/mol. The summed E-state index contributed by atoms with van der Waals surface area (Å²) in [5, 5.41) is 11.9. The van der Waals surface area contributed by atoms with Crippen LogP contribution in [-0.4, -0.2) is 25.0 Å². The summed E-state index contributed by atoms with van der Waals surface area (Å²) in [6.45, 7) is 1.96. The molecule has 98 valence electrons. The monoisotopic (exact) mass is 255 g/mol. The van der Waals surface area contributed by atoms with E-state index in [9.17, 15) is 4.79 Å². The molecule has 2 aliphatic heterocycles. The first kappa shape index (κ1) is 12.0. The van der Waals surface area contributed by atoms with E-state index in [0.29, 0.717) is 23.9 Å². The first-order valence-corrected chi connectivity index (χ1v) is 6.81. The molecule has 4 heteroatoms. The van der Waals surface area contributed by atoms with E-state index in [4.69, 9.17) is 5.26 Å². The highest BCUT2D eigenvalue weighted by atomic mass is 16.1. The number of rotatable bonds is 1. The third-order valence-electron chi connectivity index (χ3n) is 4.18. The Kier molecular flexibility index (Phi) is 3.12. The summed E-state index contributed by atoms with van der Waals surface area (Å²) >= 11 is 0. The minimum atomic E-state index is 0.202. The van der Waals surface area contributed by atoms with Crippen molar-refractivity contribution in [3.8, 4) is 6.07 Å². The fraction of sp³-hybridized carbons (Fsp3) is 0.467. The maximum absolute atomic E-state index is 11.4. The van der Waals surface area contributed by atoms with Crippen molar-refractivity contribution < 1.29 is 4.79 Å². The lowest BCUT2D eigenvalue weighted by Gasteiger charge is -2.42. The summed E-state index contributed by atoms with van der Waals surface area (Å²) in [6.07, 6.45) is 2.65. The topological polar surface area (TPSA) is 56.1 Å². The van der Waals surface area contributed by atoms with Gasteiger partial charge in [0.15, 0.2) is 0 Å². The first-order valence-electron chi connectivity index (χ1n) is 6.81. The van der Waals surface area contributed by atoms with Gasteiger partial charge in [0, 0.05) is 31.2 Å². The van der Waals surface area contributed by atoms with Crippen LogP contribution in [0, 0.1) is 17.2 Å². The van der Waals surface area contributed by atoms with Crippen LogP contribution in [0.3, 0.4) is 0 Å². The molecule has 1 aromatic rings. The molecule has 0 radical (unpaired) electrons. The fourth-order valence-electron chi connectivity index (χ4n) is 3.09. The highest BCUT2D eigenvalue weighted by molar-refractivity contribution is 5.77. The standard InChI is InChI=1S/C15H17N3O/c16-9-11-1-4-13(5-2-11)18-8-7-14-12(10-18)3-6-15(19)17-14/h1-2,4-5,12,14H,3,6-8,10H2,(H,17,19). The van der Waals surface area contributed by atoms with E-state index >= 15 is 0 Å². The van der Waals surface area contributed by atoms with Gasteiger partial charge in [-0.05, 0) is 43.0 Å². The highest BCUT2D eigenvalue weighted by Crippen LogP contribution is 2.28. The Morgan fingerprint density at radius 3 is 2.79 bits per heavy atom. The largest absolute Gasteiger partial charge is 0.371 e. The average molecular weight is 255 g/mol. The molecule has 2 unspecified atom stereocenters. The molecule has 2 fully saturated rings. The van der Waals surface area contributed by atoms with E-state index in [-0.39, 0.29) is 5.91 Å². The second-order valence-electron chi connectivity index (χ2n) is 5.37. The molecule has 2 heterocycles. The molecule has 2 aliphatic rings. The first-order chi connectivity index (χ1) is 9.26. The number of nitrogens with zero attached hydrogens (tertiary/aromatic N) is 2. The smallest absolute Gasteiger partial charge is 0.220 e. The van der Waals surface area contributed by atoms with Crippen LogP contribution in [0.4, 0.5) is 5.69 Å². The number of anilines is 1. The molecule has 4 nitrogen and oxygen atoms in total. The lowest BCUT2D eigenvalue weighted by Crippen LogP contribution is -2.54. The van der Waals surface area contributed by atoms with Gasteiger partial charge in [-0.1, -0.05) is 0 Å². The van der Waals surface area contributed by atoms with Gasteiger partial charge in [-0.2, -0.15) is 5.26 Å². The molecule has 19 heavy (non-hydrogen) atoms. The number of nitrogens with one attached hydrogen (secondary N) is 1. The average Bonchev–Trinajstić information content (AvgIpc) is 2.47. The number of hydrogen-bond donors (Lipinski definition) is 1. The maximum Gasteiger partial charge on any atom is 0.220 e. The summed E-state index contributed by atoms with van der Waals surface area (Å²) < 4.78 is 0. The number of carbonyl (C=O) groups is 1. The second kappa shape index (κ2) is 4.93. The number of amides is 1. The van der Waals surface area contributed by atoms with Gasteiger partial charge in [-0.15, -0.1) is 0 Å². The van der Waals surface area contributed by atoms with Crippen LogP contribution < -0.4 is 10.2 Å². The van der Waals surface area contributed by atoms with Gasteiger partial charge in [0.05, 0.1) is 11.6 Å². The quantitative estimate of drug-likeness (QED) is 0.830. The molecule has 0 aromatic heterocycles. The molecular formula is C15H17N3O. The van der Waals surface area contributed by atoms with Crippen LogP contribution in [0.5, 0.6) is 0 Å². The Hall–Kier alpha value is -2.02. The zero-order valence-electron chi connectivity index (χ0n) is 10.8. The summed E-state index contributed by atoms with van der Waals surface area (Å²) in [5.74, 6) is 0.759. The number of fused-ring (bicyclic) bond motifs is 1. The van der Waals surface area contributed by atoms with Crippen LogP contribution >= 0.6 is 0 Å². The lowest BCUT2D eigenvalue weighted by molar-refractivity contribution is -0.124. The number of hydrogen-bond acceptors (Lipinski definition) is 3. The minimum Gasteiger partial charge on any atom is -0.371 e. The van der Waals surface area contributed by atoms with Crippen molar-refractivity contribution in [2.75, 3.05) is 18.0 Å². The minimum absolute atomic E-state index is 0.202. The Bertz CT molecular complexity index is 517. The van der Waals surface area contributed by atoms with Crippen LogP contribution in [-0.2, 0) is 4.79 Å². The van der Waals surface area contributed by atoms with Gasteiger partial charge in [0.2, 0.25) is 5.91 Å². The van der Waals surface area contributed by atoms with Crippen molar-refractivity contribution >= 4 is 11.6 Å². The lowest BCUT2D eigenvalue weighted by atomic mass is 9.85. The molecule has 0 bridgehead atoms. The fourth-order valence-corrected chi connectivity index (χ4v) is 3.09. The van der Waals surface area contributed by atoms with Crippen molar-refractivity contribution in [2.45, 2.75) is 25.3 Å². The summed E-state index contributed by atoms with van der Waals surface area (Å²) in [5.41, 5.74) is 1.87. The molecule has 1 aromatic carbocycles. The molecule has 2 saturated heterocycles. The highest BCUT2D eigenvalue weighted by Gasteiger charge is 2.33. The maximum atomic E-state index is 11.4. The number of benzene rings is 1. The van der Waals surface area contributed by atoms with E-state index in [1.54, 1.807) is 0 Å². The molecular weight excluding hydrogens is 238 g/mol. The van der Waals surface area contributed by atoms with E-state index in [2.05, 4.69) is 16.3 Å². The van der Waals surface area contributed by atoms with Gasteiger partial charge < -0.3 is 10.2 Å². The zero-order chi connectivity index (χ0) is 13.2. The number of nitriles is 1. The van der Waals surface area contributed by atoms with E-state index in [1.165, 1.54) is 5.69 Å². The summed E-state index contributed by atoms with van der Waals surface area (Å²) in [4.78, 5) is 13.7. The van der Waals surface area contributed by atoms with Crippen LogP contribution in [0.25, 0.3) is 0 Å². The molecule has 0 spiro atoms. The Balaban J connectivity index is 1.70. The summed E-state index contributed by atoms with van der Waals surface area (Å²) in [7, 11) is 0. The van der Waals surface area contributed by atoms with Gasteiger partial charge in [0.1, 0.15) is 0 Å². The van der Waals surface area contributed by atoms with Crippen molar-refractivity contribution in [1.82, 2.24) is 5.32 Å². The SMILES string of the molecule is N#Cc1ccc(N2CCC3NC(=O)CCC3C2)cc1. The van der Waals surface area contributed by atoms with Gasteiger partial charge in [0.25, 0.3) is 0 Å². The van der Waals surface area contributed by atoms with Gasteiger partial charge >= 0.3 is 0 Å². The number of carbonyl (C=O) groups excluding carboxylic acids is 1. The van der Waals surface area contributed by atoms with Crippen LogP contribution in [0.2, 0.25) is 0 Å². The molecule has 0 saturated carbocycles. The summed E-state index contributed by atoms with van der Waals surface area (Å²) in [6, 6.07) is 10.3. The third-order valence-corrected chi connectivity index (χ3v) is 4.18. The van der Waals surface area contributed by atoms with E-state index in [1.807, 2.05) is 24.3 Å². The van der Waals surface area contributed by atoms with Gasteiger partial charge in [-0.3, -0.25) is 4.79 Å². The predicted octanol–water partition coefficient (Wildman–Crippen LogP) is 1.66. The Morgan fingerprint density at radius 2 is 2.05 bits per heavy atom. The Morgan fingerprint density at radius 1 is 1.26 bits per heavy atom. The van der Waals surface area contributed by atoms with Crippen LogP contribution in [0.1, 0.15) is 24.8 Å². The Labute approximate surface area is 113 Å². The molecule has 0 aliphatic carbocycles. The molecule has 2 atom stereocenters. The van der Waals surface area contributed by atoms with Crippen LogP contribution in [0.15, 0.2) is 24.3 Å². The molecule has 1 N–H and O–H groups in total. The van der Waals surface area contributed by atoms with Crippen molar-refractivity contribution in [1.29, 1.82) is 5.26 Å². The van der Waals surface area contributed by atoms with Gasteiger partial charge in [-0.25, -0.2) is 0 Å².